The highest BCUT2D eigenvalue weighted by molar-refractivity contribution is 5.96. The number of imide groups is 1. The summed E-state index contributed by atoms with van der Waals surface area (Å²) in [7, 11) is 0. The summed E-state index contributed by atoms with van der Waals surface area (Å²) < 4.78 is 0. The first-order valence-corrected chi connectivity index (χ1v) is 3.98. The molecule has 7 nitrogen and oxygen atoms in total. The molecule has 0 aliphatic heterocycles. The summed E-state index contributed by atoms with van der Waals surface area (Å²) in [4.78, 5) is 31.7. The second kappa shape index (κ2) is 6.06. The molecule has 0 aromatic rings. The van der Waals surface area contributed by atoms with Crippen LogP contribution in [0.5, 0.6) is 0 Å². The van der Waals surface area contributed by atoms with Crippen molar-refractivity contribution >= 4 is 17.8 Å². The normalized spacial score (nSPS) is 11.9. The molecular formula is C7H13N3O4. The fourth-order valence-corrected chi connectivity index (χ4v) is 0.679. The average Bonchev–Trinajstić information content (AvgIpc) is 2.13. The predicted molar refractivity (Wildman–Crippen MR) is 47.0 cm³/mol. The fraction of sp³-hybridized carbons (Fsp3) is 0.571. The Balaban J connectivity index is 3.74. The van der Waals surface area contributed by atoms with Gasteiger partial charge in [-0.15, -0.1) is 0 Å². The summed E-state index contributed by atoms with van der Waals surface area (Å²) in [5, 5.41) is 10.4. The van der Waals surface area contributed by atoms with E-state index in [1.165, 1.54) is 0 Å². The first-order valence-electron chi connectivity index (χ1n) is 3.98. The molecule has 1 unspecified atom stereocenters. The van der Waals surface area contributed by atoms with E-state index >= 15 is 0 Å². The average molecular weight is 203 g/mol. The van der Waals surface area contributed by atoms with Crippen molar-refractivity contribution < 1.29 is 19.5 Å². The van der Waals surface area contributed by atoms with Gasteiger partial charge >= 0.3 is 5.97 Å². The van der Waals surface area contributed by atoms with Gasteiger partial charge in [0.2, 0.25) is 11.8 Å². The van der Waals surface area contributed by atoms with Crippen molar-refractivity contribution in [1.29, 1.82) is 0 Å². The monoisotopic (exact) mass is 203 g/mol. The van der Waals surface area contributed by atoms with Crippen molar-refractivity contribution in [2.75, 3.05) is 6.54 Å². The lowest BCUT2D eigenvalue weighted by Crippen LogP contribution is -2.37. The number of aliphatic carboxylic acids is 1. The first kappa shape index (κ1) is 12.5. The molecule has 0 bridgehead atoms. The van der Waals surface area contributed by atoms with Crippen molar-refractivity contribution in [1.82, 2.24) is 5.32 Å². The van der Waals surface area contributed by atoms with E-state index in [0.717, 1.165) is 0 Å². The molecule has 1 atom stereocenters. The summed E-state index contributed by atoms with van der Waals surface area (Å²) in [5.41, 5.74) is 10.1. The van der Waals surface area contributed by atoms with Gasteiger partial charge in [0, 0.05) is 6.42 Å². The van der Waals surface area contributed by atoms with Crippen LogP contribution in [-0.4, -0.2) is 35.5 Å². The number of amides is 2. The predicted octanol–water partition coefficient (Wildman–Crippen LogP) is -2.22. The first-order chi connectivity index (χ1) is 6.47. The van der Waals surface area contributed by atoms with E-state index < -0.39 is 23.8 Å². The van der Waals surface area contributed by atoms with Crippen LogP contribution < -0.4 is 16.8 Å². The molecule has 0 aliphatic carbocycles. The summed E-state index contributed by atoms with van der Waals surface area (Å²) in [6.07, 6.45) is -0.127. The van der Waals surface area contributed by atoms with Crippen LogP contribution in [0.15, 0.2) is 0 Å². The Morgan fingerprint density at radius 3 is 2.29 bits per heavy atom. The van der Waals surface area contributed by atoms with Gasteiger partial charge in [-0.2, -0.15) is 0 Å². The molecule has 0 aromatic carbocycles. The number of carboxylic acid groups (broad SMARTS) is 1. The molecule has 0 aliphatic rings. The van der Waals surface area contributed by atoms with Gasteiger partial charge < -0.3 is 16.6 Å². The number of carbonyl (C=O) groups excluding carboxylic acids is 2. The molecule has 0 spiro atoms. The molecule has 0 saturated heterocycles. The summed E-state index contributed by atoms with van der Waals surface area (Å²) in [6, 6.07) is -1.09. The zero-order valence-corrected chi connectivity index (χ0v) is 7.53. The minimum atomic E-state index is -1.18. The van der Waals surface area contributed by atoms with E-state index in [1.54, 1.807) is 0 Å². The van der Waals surface area contributed by atoms with Gasteiger partial charge in [0.05, 0.1) is 6.54 Å². The molecule has 0 aromatic heterocycles. The van der Waals surface area contributed by atoms with Crippen LogP contribution in [0, 0.1) is 0 Å². The number of carboxylic acids is 1. The molecule has 0 heterocycles. The van der Waals surface area contributed by atoms with E-state index in [2.05, 4.69) is 0 Å². The van der Waals surface area contributed by atoms with E-state index in [0.29, 0.717) is 0 Å². The zero-order chi connectivity index (χ0) is 11.1. The molecule has 2 amide bonds. The molecule has 14 heavy (non-hydrogen) atoms. The van der Waals surface area contributed by atoms with Gasteiger partial charge in [-0.05, 0) is 6.42 Å². The lowest BCUT2D eigenvalue weighted by molar-refractivity contribution is -0.138. The van der Waals surface area contributed by atoms with Crippen LogP contribution in [0.1, 0.15) is 12.8 Å². The lowest BCUT2D eigenvalue weighted by Gasteiger charge is -2.05. The maximum Gasteiger partial charge on any atom is 0.320 e. The Morgan fingerprint density at radius 1 is 1.29 bits per heavy atom. The van der Waals surface area contributed by atoms with Gasteiger partial charge in [0.25, 0.3) is 0 Å². The topological polar surface area (TPSA) is 136 Å². The lowest BCUT2D eigenvalue weighted by atomic mass is 10.1. The van der Waals surface area contributed by atoms with Crippen LogP contribution in [-0.2, 0) is 14.4 Å². The Labute approximate surface area is 80.4 Å². The highest BCUT2D eigenvalue weighted by Gasteiger charge is 2.14. The molecule has 0 rings (SSSR count). The zero-order valence-electron chi connectivity index (χ0n) is 7.53. The maximum atomic E-state index is 10.9. The Hall–Kier alpha value is -1.47. The van der Waals surface area contributed by atoms with E-state index in [4.69, 9.17) is 16.6 Å². The quantitative estimate of drug-likeness (QED) is 0.399. The van der Waals surface area contributed by atoms with Crippen molar-refractivity contribution in [3.05, 3.63) is 0 Å². The van der Waals surface area contributed by atoms with Gasteiger partial charge in [0.15, 0.2) is 0 Å². The van der Waals surface area contributed by atoms with E-state index in [1.807, 2.05) is 5.32 Å². The number of carbonyl (C=O) groups is 3. The number of rotatable bonds is 5. The highest BCUT2D eigenvalue weighted by atomic mass is 16.4. The van der Waals surface area contributed by atoms with E-state index in [9.17, 15) is 14.4 Å². The summed E-state index contributed by atoms with van der Waals surface area (Å²) >= 11 is 0. The Bertz CT molecular complexity index is 241. The van der Waals surface area contributed by atoms with Crippen molar-refractivity contribution in [3.63, 3.8) is 0 Å². The minimum Gasteiger partial charge on any atom is -0.480 e. The van der Waals surface area contributed by atoms with Crippen molar-refractivity contribution in [3.8, 4) is 0 Å². The SMILES string of the molecule is NCC(=O)NC(=O)CCC(N)C(=O)O. The van der Waals surface area contributed by atoms with Gasteiger partial charge in [0.1, 0.15) is 6.04 Å². The van der Waals surface area contributed by atoms with Crippen LogP contribution in [0.25, 0.3) is 0 Å². The molecular weight excluding hydrogens is 190 g/mol. The van der Waals surface area contributed by atoms with Crippen LogP contribution in [0.2, 0.25) is 0 Å². The second-order valence-electron chi connectivity index (χ2n) is 2.66. The number of hydrogen-bond acceptors (Lipinski definition) is 5. The maximum absolute atomic E-state index is 10.9. The van der Waals surface area contributed by atoms with E-state index in [-0.39, 0.29) is 19.4 Å². The molecule has 0 saturated carbocycles. The third-order valence-electron chi connectivity index (χ3n) is 1.46. The summed E-state index contributed by atoms with van der Waals surface area (Å²) in [6.45, 7) is -0.281. The van der Waals surface area contributed by atoms with Gasteiger partial charge in [-0.25, -0.2) is 0 Å². The molecule has 0 fully saturated rings. The standard InChI is InChI=1S/C7H13N3O4/c8-3-6(12)10-5(11)2-1-4(9)7(13)14/h4H,1-3,8-9H2,(H,13,14)(H,10,11,12). The van der Waals surface area contributed by atoms with Crippen molar-refractivity contribution in [2.24, 2.45) is 11.5 Å². The molecule has 6 N–H and O–H groups in total. The van der Waals surface area contributed by atoms with Gasteiger partial charge in [-0.1, -0.05) is 0 Å². The third kappa shape index (κ3) is 5.22. The minimum absolute atomic E-state index is 0.0149. The van der Waals surface area contributed by atoms with Crippen LogP contribution in [0.4, 0.5) is 0 Å². The Kier molecular flexibility index (Phi) is 5.42. The fourth-order valence-electron chi connectivity index (χ4n) is 0.679. The number of nitrogens with two attached hydrogens (primary N) is 2. The summed E-state index contributed by atoms with van der Waals surface area (Å²) in [5.74, 6) is -2.35. The second-order valence-corrected chi connectivity index (χ2v) is 2.66. The molecule has 0 radical (unpaired) electrons. The van der Waals surface area contributed by atoms with Gasteiger partial charge in [-0.3, -0.25) is 19.7 Å². The van der Waals surface area contributed by atoms with Crippen LogP contribution >= 0.6 is 0 Å². The number of hydrogen-bond donors (Lipinski definition) is 4. The molecule has 7 heteroatoms. The highest BCUT2D eigenvalue weighted by Crippen LogP contribution is 1.94. The Morgan fingerprint density at radius 2 is 1.86 bits per heavy atom. The third-order valence-corrected chi connectivity index (χ3v) is 1.46. The smallest absolute Gasteiger partial charge is 0.320 e. The largest absolute Gasteiger partial charge is 0.480 e. The van der Waals surface area contributed by atoms with Crippen molar-refractivity contribution in [2.45, 2.75) is 18.9 Å². The number of nitrogens with one attached hydrogen (secondary N) is 1. The molecule has 80 valence electrons. The van der Waals surface area contributed by atoms with Crippen LogP contribution in [0.3, 0.4) is 0 Å².